The molecule has 0 bridgehead atoms. The predicted octanol–water partition coefficient (Wildman–Crippen LogP) is 0.103. The third-order valence-corrected chi connectivity index (χ3v) is 4.06. The van der Waals surface area contributed by atoms with E-state index in [2.05, 4.69) is 24.9 Å². The summed E-state index contributed by atoms with van der Waals surface area (Å²) in [6, 6.07) is 7.75. The van der Waals surface area contributed by atoms with Crippen LogP contribution >= 0.6 is 0 Å². The maximum atomic E-state index is 11.2. The fourth-order valence-electron chi connectivity index (χ4n) is 3.08. The first kappa shape index (κ1) is 12.2. The van der Waals surface area contributed by atoms with Gasteiger partial charge in [-0.25, -0.2) is 0 Å². The van der Waals surface area contributed by atoms with Crippen LogP contribution < -0.4 is 10.4 Å². The van der Waals surface area contributed by atoms with Crippen molar-refractivity contribution in [2.45, 2.75) is 32.4 Å². The van der Waals surface area contributed by atoms with Crippen LogP contribution in [0.25, 0.3) is 10.9 Å². The second-order valence-corrected chi connectivity index (χ2v) is 5.65. The number of benzene rings is 1. The number of carboxylic acid groups (broad SMARTS) is 1. The normalized spacial score (nSPS) is 22.7. The van der Waals surface area contributed by atoms with Gasteiger partial charge in [-0.3, -0.25) is 0 Å². The zero-order valence-corrected chi connectivity index (χ0v) is 11.1. The molecule has 2 aromatic rings. The molecule has 1 aromatic carbocycles. The van der Waals surface area contributed by atoms with Crippen molar-refractivity contribution in [3.8, 4) is 0 Å². The molecule has 0 unspecified atom stereocenters. The number of carbonyl (C=O) groups excluding carboxylic acids is 1. The van der Waals surface area contributed by atoms with Gasteiger partial charge in [0.25, 0.3) is 0 Å². The van der Waals surface area contributed by atoms with Crippen LogP contribution in [-0.2, 0) is 11.2 Å². The summed E-state index contributed by atoms with van der Waals surface area (Å²) in [5.74, 6) is -0.601. The van der Waals surface area contributed by atoms with Gasteiger partial charge in [0.05, 0.1) is 11.7 Å². The van der Waals surface area contributed by atoms with Gasteiger partial charge in [0.1, 0.15) is 12.1 Å². The molecule has 0 saturated carbocycles. The van der Waals surface area contributed by atoms with Gasteiger partial charge in [-0.05, 0) is 11.6 Å². The Balaban J connectivity index is 2.16. The number of fused-ring (bicyclic) bond motifs is 3. The zero-order valence-electron chi connectivity index (χ0n) is 11.1. The Bertz CT molecular complexity index is 630. The number of nitrogens with one attached hydrogen (secondary N) is 1. The third-order valence-electron chi connectivity index (χ3n) is 4.06. The van der Waals surface area contributed by atoms with E-state index in [1.807, 2.05) is 23.5 Å². The maximum Gasteiger partial charge on any atom is 0.131 e. The SMILES string of the molecule is CC(C)[C@@H]1[NH2+][C@H](C(=O)[O-])Cc2c1[nH]c1ccccc21. The highest BCUT2D eigenvalue weighted by atomic mass is 16.4. The summed E-state index contributed by atoms with van der Waals surface area (Å²) < 4.78 is 0. The number of carboxylic acids is 1. The Morgan fingerprint density at radius 2 is 2.16 bits per heavy atom. The highest BCUT2D eigenvalue weighted by Crippen LogP contribution is 2.31. The molecule has 0 aliphatic carbocycles. The fourth-order valence-corrected chi connectivity index (χ4v) is 3.08. The summed E-state index contributed by atoms with van der Waals surface area (Å²) >= 11 is 0. The van der Waals surface area contributed by atoms with Crippen molar-refractivity contribution in [1.82, 2.24) is 4.98 Å². The predicted molar refractivity (Wildman–Crippen MR) is 70.3 cm³/mol. The number of nitrogens with two attached hydrogens (primary N) is 1. The van der Waals surface area contributed by atoms with Gasteiger partial charge in [-0.1, -0.05) is 32.0 Å². The molecule has 4 nitrogen and oxygen atoms in total. The smallest absolute Gasteiger partial charge is 0.131 e. The number of hydrogen-bond acceptors (Lipinski definition) is 2. The van der Waals surface area contributed by atoms with E-state index < -0.39 is 12.0 Å². The number of carbonyl (C=O) groups is 1. The van der Waals surface area contributed by atoms with E-state index in [9.17, 15) is 9.90 Å². The summed E-state index contributed by atoms with van der Waals surface area (Å²) in [6.45, 7) is 4.24. The number of hydrogen-bond donors (Lipinski definition) is 2. The lowest BCUT2D eigenvalue weighted by Gasteiger charge is -2.30. The second kappa shape index (κ2) is 4.38. The number of aromatic nitrogens is 1. The number of aromatic amines is 1. The summed E-state index contributed by atoms with van der Waals surface area (Å²) in [5, 5.41) is 14.3. The van der Waals surface area contributed by atoms with E-state index >= 15 is 0 Å². The van der Waals surface area contributed by atoms with Crippen LogP contribution in [-0.4, -0.2) is 17.0 Å². The molecule has 0 spiro atoms. The van der Waals surface area contributed by atoms with Crippen LogP contribution in [0.5, 0.6) is 0 Å². The van der Waals surface area contributed by atoms with Crippen molar-refractivity contribution in [2.24, 2.45) is 5.92 Å². The van der Waals surface area contributed by atoms with E-state index in [1.54, 1.807) is 0 Å². The van der Waals surface area contributed by atoms with Gasteiger partial charge >= 0.3 is 0 Å². The molecule has 0 radical (unpaired) electrons. The van der Waals surface area contributed by atoms with Crippen LogP contribution in [0.1, 0.15) is 31.1 Å². The quantitative estimate of drug-likeness (QED) is 0.802. The first-order valence-corrected chi connectivity index (χ1v) is 6.73. The van der Waals surface area contributed by atoms with Crippen molar-refractivity contribution in [3.05, 3.63) is 35.5 Å². The maximum absolute atomic E-state index is 11.2. The van der Waals surface area contributed by atoms with E-state index in [1.165, 1.54) is 5.69 Å². The largest absolute Gasteiger partial charge is 0.544 e. The molecule has 3 N–H and O–H groups in total. The average Bonchev–Trinajstić information content (AvgIpc) is 2.75. The van der Waals surface area contributed by atoms with Gasteiger partial charge in [-0.2, -0.15) is 0 Å². The van der Waals surface area contributed by atoms with E-state index in [0.29, 0.717) is 12.3 Å². The van der Waals surface area contributed by atoms with Crippen LogP contribution in [0.4, 0.5) is 0 Å². The number of para-hydroxylation sites is 1. The number of rotatable bonds is 2. The standard InChI is InChI=1S/C15H18N2O2/c1-8(2)13-14-10(7-12(17-13)15(18)19)9-5-3-4-6-11(9)16-14/h3-6,8,12-13,16-17H,7H2,1-2H3,(H,18,19)/t12-,13-/m0/s1. The summed E-state index contributed by atoms with van der Waals surface area (Å²) in [4.78, 5) is 14.7. The highest BCUT2D eigenvalue weighted by Gasteiger charge is 2.35. The molecule has 100 valence electrons. The third kappa shape index (κ3) is 1.92. The molecule has 1 aliphatic heterocycles. The van der Waals surface area contributed by atoms with Crippen molar-refractivity contribution >= 4 is 16.9 Å². The zero-order chi connectivity index (χ0) is 13.6. The number of aliphatic carboxylic acids is 1. The minimum Gasteiger partial charge on any atom is -0.544 e. The van der Waals surface area contributed by atoms with Crippen LogP contribution in [0.3, 0.4) is 0 Å². The Morgan fingerprint density at radius 3 is 2.84 bits per heavy atom. The molecule has 3 rings (SSSR count). The second-order valence-electron chi connectivity index (χ2n) is 5.65. The lowest BCUT2D eigenvalue weighted by atomic mass is 9.89. The van der Waals surface area contributed by atoms with Crippen LogP contribution in [0, 0.1) is 5.92 Å². The molecule has 1 aliphatic rings. The first-order chi connectivity index (χ1) is 9.08. The van der Waals surface area contributed by atoms with Crippen molar-refractivity contribution < 1.29 is 15.2 Å². The average molecular weight is 258 g/mol. The summed E-state index contributed by atoms with van der Waals surface area (Å²) in [5.41, 5.74) is 3.41. The summed E-state index contributed by atoms with van der Waals surface area (Å²) in [7, 11) is 0. The molecule has 2 heterocycles. The van der Waals surface area contributed by atoms with Gasteiger partial charge < -0.3 is 20.2 Å². The Kier molecular flexibility index (Phi) is 2.82. The molecule has 0 fully saturated rings. The van der Waals surface area contributed by atoms with Crippen molar-refractivity contribution in [2.75, 3.05) is 0 Å². The molecule has 19 heavy (non-hydrogen) atoms. The number of H-pyrrole nitrogens is 1. The lowest BCUT2D eigenvalue weighted by Crippen LogP contribution is -2.96. The molecular formula is C15H18N2O2. The lowest BCUT2D eigenvalue weighted by molar-refractivity contribution is -0.731. The molecular weight excluding hydrogens is 240 g/mol. The number of quaternary nitrogens is 1. The van der Waals surface area contributed by atoms with Gasteiger partial charge in [0, 0.05) is 23.2 Å². The Hall–Kier alpha value is -1.81. The molecule has 0 amide bonds. The van der Waals surface area contributed by atoms with Gasteiger partial charge in [0.2, 0.25) is 0 Å². The van der Waals surface area contributed by atoms with Crippen molar-refractivity contribution in [3.63, 3.8) is 0 Å². The van der Waals surface area contributed by atoms with Gasteiger partial charge in [-0.15, -0.1) is 0 Å². The van der Waals surface area contributed by atoms with E-state index in [-0.39, 0.29) is 6.04 Å². The van der Waals surface area contributed by atoms with Crippen molar-refractivity contribution in [1.29, 1.82) is 0 Å². The minimum atomic E-state index is -0.971. The fraction of sp³-hybridized carbons (Fsp3) is 0.400. The molecule has 0 saturated heterocycles. The van der Waals surface area contributed by atoms with E-state index in [4.69, 9.17) is 0 Å². The topological polar surface area (TPSA) is 72.5 Å². The first-order valence-electron chi connectivity index (χ1n) is 6.73. The van der Waals surface area contributed by atoms with Gasteiger partial charge in [0.15, 0.2) is 0 Å². The highest BCUT2D eigenvalue weighted by molar-refractivity contribution is 5.86. The monoisotopic (exact) mass is 258 g/mol. The minimum absolute atomic E-state index is 0.152. The van der Waals surface area contributed by atoms with E-state index in [0.717, 1.165) is 16.5 Å². The molecule has 2 atom stereocenters. The Morgan fingerprint density at radius 1 is 1.42 bits per heavy atom. The van der Waals surface area contributed by atoms with Crippen LogP contribution in [0.15, 0.2) is 24.3 Å². The Labute approximate surface area is 111 Å². The molecule has 1 aromatic heterocycles. The van der Waals surface area contributed by atoms with Crippen LogP contribution in [0.2, 0.25) is 0 Å². The summed E-state index contributed by atoms with van der Waals surface area (Å²) in [6.07, 6.45) is 0.533. The molecule has 4 heteroatoms.